The van der Waals surface area contributed by atoms with Crippen LogP contribution in [0.4, 0.5) is 0 Å². The summed E-state index contributed by atoms with van der Waals surface area (Å²) in [5, 5.41) is 1.25. The van der Waals surface area contributed by atoms with Crippen LogP contribution < -0.4 is 0 Å². The van der Waals surface area contributed by atoms with Gasteiger partial charge in [0, 0.05) is 0 Å². The van der Waals surface area contributed by atoms with E-state index in [1.165, 1.54) is 11.8 Å². The second kappa shape index (κ2) is 3.74. The summed E-state index contributed by atoms with van der Waals surface area (Å²) in [6, 6.07) is 0. The van der Waals surface area contributed by atoms with Crippen LogP contribution in [0.3, 0.4) is 0 Å². The summed E-state index contributed by atoms with van der Waals surface area (Å²) < 4.78 is 0. The third-order valence-electron chi connectivity index (χ3n) is 1.13. The van der Waals surface area contributed by atoms with Crippen molar-refractivity contribution in [1.82, 2.24) is 9.97 Å². The Kier molecular flexibility index (Phi) is 2.91. The average molecular weight is 187 g/mol. The van der Waals surface area contributed by atoms with Crippen molar-refractivity contribution in [2.75, 3.05) is 6.26 Å². The highest BCUT2D eigenvalue weighted by atomic mass is 35.5. The van der Waals surface area contributed by atoms with Crippen LogP contribution in [0.1, 0.15) is 5.69 Å². The van der Waals surface area contributed by atoms with Crippen molar-refractivity contribution in [2.24, 2.45) is 0 Å². The van der Waals surface area contributed by atoms with Crippen LogP contribution in [-0.4, -0.2) is 16.2 Å². The molecule has 11 heavy (non-hydrogen) atoms. The second-order valence-corrected chi connectivity index (χ2v) is 2.97. The molecule has 0 bridgehead atoms. The van der Waals surface area contributed by atoms with Crippen LogP contribution in [-0.2, 0) is 0 Å². The Morgan fingerprint density at radius 3 is 3.00 bits per heavy atom. The van der Waals surface area contributed by atoms with Gasteiger partial charge in [-0.25, -0.2) is 9.97 Å². The Hall–Kier alpha value is -0.540. The lowest BCUT2D eigenvalue weighted by Gasteiger charge is -1.97. The molecule has 4 heteroatoms. The minimum atomic E-state index is 0.540. The lowest BCUT2D eigenvalue weighted by molar-refractivity contribution is 0.961. The van der Waals surface area contributed by atoms with E-state index in [-0.39, 0.29) is 0 Å². The Morgan fingerprint density at radius 2 is 2.45 bits per heavy atom. The van der Waals surface area contributed by atoms with E-state index in [0.717, 1.165) is 0 Å². The minimum Gasteiger partial charge on any atom is -0.230 e. The molecule has 0 spiro atoms. The smallest absolute Gasteiger partial charge is 0.187 e. The molecule has 58 valence electrons. The lowest BCUT2D eigenvalue weighted by atomic mass is 10.4. The zero-order valence-corrected chi connectivity index (χ0v) is 7.61. The molecular weight excluding hydrogens is 180 g/mol. The number of hydrogen-bond acceptors (Lipinski definition) is 3. The molecular formula is C7H7ClN2S. The summed E-state index contributed by atoms with van der Waals surface area (Å²) >= 11 is 7.23. The number of nitrogens with zero attached hydrogens (tertiary/aromatic N) is 2. The highest BCUT2D eigenvalue weighted by Crippen LogP contribution is 2.16. The molecule has 0 radical (unpaired) electrons. The van der Waals surface area contributed by atoms with Crippen LogP contribution >= 0.6 is 23.4 Å². The Bertz CT molecular complexity index is 275. The number of hydrogen-bond donors (Lipinski definition) is 0. The molecule has 0 atom stereocenters. The number of rotatable bonds is 2. The molecule has 1 aromatic heterocycles. The summed E-state index contributed by atoms with van der Waals surface area (Å²) in [4.78, 5) is 8.09. The topological polar surface area (TPSA) is 25.8 Å². The molecule has 1 rings (SSSR count). The molecule has 0 saturated carbocycles. The van der Waals surface area contributed by atoms with Gasteiger partial charge in [-0.3, -0.25) is 0 Å². The first-order valence-corrected chi connectivity index (χ1v) is 4.57. The summed E-state index contributed by atoms with van der Waals surface area (Å²) in [5.74, 6) is 0. The molecule has 0 amide bonds. The van der Waals surface area contributed by atoms with Gasteiger partial charge in [0.15, 0.2) is 5.16 Å². The molecule has 2 nitrogen and oxygen atoms in total. The Balaban J connectivity index is 3.12. The van der Waals surface area contributed by atoms with Gasteiger partial charge in [0.25, 0.3) is 0 Å². The highest BCUT2D eigenvalue weighted by molar-refractivity contribution is 7.98. The monoisotopic (exact) mass is 186 g/mol. The van der Waals surface area contributed by atoms with E-state index >= 15 is 0 Å². The van der Waals surface area contributed by atoms with Crippen molar-refractivity contribution in [1.29, 1.82) is 0 Å². The SMILES string of the molecule is C=Cc1nc(SC)ncc1Cl. The van der Waals surface area contributed by atoms with E-state index in [1.54, 1.807) is 12.3 Å². The first-order valence-electron chi connectivity index (χ1n) is 2.97. The molecule has 0 N–H and O–H groups in total. The molecule has 0 aliphatic carbocycles. The quantitative estimate of drug-likeness (QED) is 0.524. The van der Waals surface area contributed by atoms with Gasteiger partial charge in [0.1, 0.15) is 0 Å². The van der Waals surface area contributed by atoms with E-state index in [1.807, 2.05) is 6.26 Å². The predicted octanol–water partition coefficient (Wildman–Crippen LogP) is 2.49. The van der Waals surface area contributed by atoms with Crippen molar-refractivity contribution in [2.45, 2.75) is 5.16 Å². The van der Waals surface area contributed by atoms with Gasteiger partial charge in [0.2, 0.25) is 0 Å². The van der Waals surface area contributed by atoms with E-state index in [9.17, 15) is 0 Å². The fourth-order valence-electron chi connectivity index (χ4n) is 0.605. The van der Waals surface area contributed by atoms with Crippen LogP contribution in [0.2, 0.25) is 5.02 Å². The van der Waals surface area contributed by atoms with Crippen LogP contribution in [0.25, 0.3) is 6.08 Å². The molecule has 1 aromatic rings. The molecule has 1 heterocycles. The van der Waals surface area contributed by atoms with Gasteiger partial charge in [-0.1, -0.05) is 29.9 Å². The van der Waals surface area contributed by atoms with Crippen molar-refractivity contribution in [3.05, 3.63) is 23.5 Å². The predicted molar refractivity (Wildman–Crippen MR) is 48.9 cm³/mol. The van der Waals surface area contributed by atoms with E-state index < -0.39 is 0 Å². The fraction of sp³-hybridized carbons (Fsp3) is 0.143. The standard InChI is InChI=1S/C7H7ClN2S/c1-3-6-5(8)4-9-7(10-6)11-2/h3-4H,1H2,2H3. The van der Waals surface area contributed by atoms with Gasteiger partial charge in [-0.05, 0) is 12.3 Å². The lowest BCUT2D eigenvalue weighted by Crippen LogP contribution is -1.88. The van der Waals surface area contributed by atoms with Gasteiger partial charge in [0.05, 0.1) is 16.9 Å². The van der Waals surface area contributed by atoms with Crippen LogP contribution in [0.15, 0.2) is 17.9 Å². The Labute approximate surface area is 74.7 Å². The normalized spacial score (nSPS) is 9.64. The summed E-state index contributed by atoms with van der Waals surface area (Å²) in [6.07, 6.45) is 5.11. The second-order valence-electron chi connectivity index (χ2n) is 1.79. The molecule has 0 unspecified atom stereocenters. The number of thioether (sulfide) groups is 1. The molecule has 0 saturated heterocycles. The third-order valence-corrected chi connectivity index (χ3v) is 1.98. The van der Waals surface area contributed by atoms with E-state index in [2.05, 4.69) is 16.5 Å². The Morgan fingerprint density at radius 1 is 1.73 bits per heavy atom. The average Bonchev–Trinajstić information content (AvgIpc) is 2.05. The molecule has 0 aromatic carbocycles. The zero-order chi connectivity index (χ0) is 8.27. The van der Waals surface area contributed by atoms with Crippen molar-refractivity contribution >= 4 is 29.4 Å². The number of aromatic nitrogens is 2. The van der Waals surface area contributed by atoms with E-state index in [4.69, 9.17) is 11.6 Å². The van der Waals surface area contributed by atoms with Crippen LogP contribution in [0.5, 0.6) is 0 Å². The zero-order valence-electron chi connectivity index (χ0n) is 6.04. The molecule has 0 aliphatic heterocycles. The van der Waals surface area contributed by atoms with Gasteiger partial charge >= 0.3 is 0 Å². The first-order chi connectivity index (χ1) is 5.27. The van der Waals surface area contributed by atoms with Crippen LogP contribution in [0, 0.1) is 0 Å². The van der Waals surface area contributed by atoms with Crippen molar-refractivity contribution < 1.29 is 0 Å². The van der Waals surface area contributed by atoms with Gasteiger partial charge < -0.3 is 0 Å². The summed E-state index contributed by atoms with van der Waals surface area (Å²) in [7, 11) is 0. The molecule has 0 aliphatic rings. The molecule has 0 fully saturated rings. The maximum Gasteiger partial charge on any atom is 0.187 e. The maximum atomic E-state index is 5.75. The van der Waals surface area contributed by atoms with E-state index in [0.29, 0.717) is 15.9 Å². The van der Waals surface area contributed by atoms with Gasteiger partial charge in [-0.15, -0.1) is 0 Å². The van der Waals surface area contributed by atoms with Crippen molar-refractivity contribution in [3.63, 3.8) is 0 Å². The van der Waals surface area contributed by atoms with Gasteiger partial charge in [-0.2, -0.15) is 0 Å². The number of halogens is 1. The maximum absolute atomic E-state index is 5.75. The highest BCUT2D eigenvalue weighted by Gasteiger charge is 1.99. The minimum absolute atomic E-state index is 0.540. The third kappa shape index (κ3) is 1.94. The summed E-state index contributed by atoms with van der Waals surface area (Å²) in [5.41, 5.74) is 0.686. The first kappa shape index (κ1) is 8.56. The largest absolute Gasteiger partial charge is 0.230 e. The van der Waals surface area contributed by atoms with Crippen molar-refractivity contribution in [3.8, 4) is 0 Å². The summed E-state index contributed by atoms with van der Waals surface area (Å²) in [6.45, 7) is 3.58. The fourth-order valence-corrected chi connectivity index (χ4v) is 1.12.